The van der Waals surface area contributed by atoms with Crippen LogP contribution in [0.4, 0.5) is 13.2 Å². The number of aryl methyl sites for hydroxylation is 1. The summed E-state index contributed by atoms with van der Waals surface area (Å²) in [4.78, 5) is 30.8. The number of hydrogen-bond acceptors (Lipinski definition) is 6. The van der Waals surface area contributed by atoms with Crippen molar-refractivity contribution in [3.05, 3.63) is 41.1 Å². The maximum Gasteiger partial charge on any atom is 0.416 e. The highest BCUT2D eigenvalue weighted by molar-refractivity contribution is 5.94. The number of aromatic nitrogens is 3. The van der Waals surface area contributed by atoms with E-state index >= 15 is 0 Å². The Hall–Kier alpha value is -3.47. The fraction of sp³-hybridized carbons (Fsp3) is 0.462. The van der Waals surface area contributed by atoms with E-state index in [-0.39, 0.29) is 30.0 Å². The van der Waals surface area contributed by atoms with Crippen LogP contribution in [0.2, 0.25) is 0 Å². The van der Waals surface area contributed by atoms with Crippen LogP contribution in [0.1, 0.15) is 47.8 Å². The molecule has 0 N–H and O–H groups in total. The molecule has 1 aromatic carbocycles. The molecule has 2 aliphatic rings. The van der Waals surface area contributed by atoms with Gasteiger partial charge in [0.05, 0.1) is 11.3 Å². The largest absolute Gasteiger partial charge is 0.467 e. The lowest BCUT2D eigenvalue weighted by atomic mass is 10.00. The summed E-state index contributed by atoms with van der Waals surface area (Å²) in [5.41, 5.74) is 0.885. The topological polar surface area (TPSA) is 86.5 Å². The van der Waals surface area contributed by atoms with Gasteiger partial charge in [0, 0.05) is 49.0 Å². The summed E-state index contributed by atoms with van der Waals surface area (Å²) in [7, 11) is 0. The number of carbonyl (C=O) groups excluding carboxylic acids is 2. The smallest absolute Gasteiger partial charge is 0.416 e. The molecule has 1 aliphatic heterocycles. The van der Waals surface area contributed by atoms with E-state index in [9.17, 15) is 22.8 Å². The number of hydrogen-bond donors (Lipinski definition) is 0. The van der Waals surface area contributed by atoms with E-state index < -0.39 is 11.7 Å². The summed E-state index contributed by atoms with van der Waals surface area (Å²) in [6.45, 7) is 4.48. The molecule has 3 heterocycles. The van der Waals surface area contributed by atoms with Crippen LogP contribution in [-0.2, 0) is 22.3 Å². The first kappa shape index (κ1) is 25.2. The number of rotatable bonds is 9. The summed E-state index contributed by atoms with van der Waals surface area (Å²) < 4.78 is 52.7. The Balaban J connectivity index is 1.49. The second-order valence-electron chi connectivity index (χ2n) is 9.52. The van der Waals surface area contributed by atoms with Gasteiger partial charge in [-0.1, -0.05) is 0 Å². The van der Waals surface area contributed by atoms with Gasteiger partial charge in [0.25, 0.3) is 0 Å². The average molecular weight is 517 g/mol. The predicted octanol–water partition coefficient (Wildman–Crippen LogP) is 4.62. The van der Waals surface area contributed by atoms with E-state index in [0.717, 1.165) is 25.0 Å². The Bertz CT molecular complexity index is 1350. The van der Waals surface area contributed by atoms with Gasteiger partial charge in [0.1, 0.15) is 11.4 Å². The molecule has 196 valence electrons. The molecule has 11 heteroatoms. The van der Waals surface area contributed by atoms with Crippen LogP contribution in [0.15, 0.2) is 24.3 Å². The van der Waals surface area contributed by atoms with Crippen molar-refractivity contribution < 1.29 is 32.2 Å². The lowest BCUT2D eigenvalue weighted by Crippen LogP contribution is -2.27. The number of amides is 1. The van der Waals surface area contributed by atoms with Gasteiger partial charge < -0.3 is 14.4 Å². The van der Waals surface area contributed by atoms with E-state index in [0.29, 0.717) is 66.3 Å². The van der Waals surface area contributed by atoms with Crippen LogP contribution in [0.25, 0.3) is 22.3 Å². The third-order valence-corrected chi connectivity index (χ3v) is 6.80. The molecule has 2 fully saturated rings. The number of fused-ring (bicyclic) bond motifs is 1. The normalized spacial score (nSPS) is 18.1. The number of halogens is 3. The van der Waals surface area contributed by atoms with Gasteiger partial charge in [-0.15, -0.1) is 0 Å². The van der Waals surface area contributed by atoms with Crippen LogP contribution in [-0.4, -0.2) is 57.8 Å². The average Bonchev–Trinajstić information content (AvgIpc) is 3.53. The number of likely N-dealkylation sites (tertiary alicyclic amines) is 1. The van der Waals surface area contributed by atoms with Crippen LogP contribution in [0.5, 0.6) is 5.75 Å². The number of pyridine rings is 1. The monoisotopic (exact) mass is 516 g/mol. The zero-order valence-corrected chi connectivity index (χ0v) is 20.5. The van der Waals surface area contributed by atoms with Crippen molar-refractivity contribution in [3.63, 3.8) is 0 Å². The Morgan fingerprint density at radius 1 is 1.22 bits per heavy atom. The zero-order chi connectivity index (χ0) is 26.3. The van der Waals surface area contributed by atoms with Gasteiger partial charge in [-0.3, -0.25) is 14.3 Å². The van der Waals surface area contributed by atoms with Gasteiger partial charge in [0.2, 0.25) is 5.91 Å². The summed E-state index contributed by atoms with van der Waals surface area (Å²) in [5, 5.41) is 5.07. The Labute approximate surface area is 211 Å². The van der Waals surface area contributed by atoms with Crippen LogP contribution in [0.3, 0.4) is 0 Å². The lowest BCUT2D eigenvalue weighted by Gasteiger charge is -2.17. The molecule has 1 amide bonds. The first-order valence-corrected chi connectivity index (χ1v) is 12.2. The molecule has 1 saturated carbocycles. The molecular weight excluding hydrogens is 489 g/mol. The van der Waals surface area contributed by atoms with E-state index in [1.165, 1.54) is 0 Å². The van der Waals surface area contributed by atoms with E-state index in [4.69, 9.17) is 9.47 Å². The quantitative estimate of drug-likeness (QED) is 0.234. The van der Waals surface area contributed by atoms with E-state index in [2.05, 4.69) is 10.1 Å². The molecule has 2 aromatic heterocycles. The van der Waals surface area contributed by atoms with Crippen molar-refractivity contribution in [1.29, 1.82) is 0 Å². The second-order valence-corrected chi connectivity index (χ2v) is 9.52. The Morgan fingerprint density at radius 2 is 2.00 bits per heavy atom. The van der Waals surface area contributed by atoms with Crippen molar-refractivity contribution in [2.24, 2.45) is 5.92 Å². The molecular formula is C26H27F3N4O4. The van der Waals surface area contributed by atoms with Gasteiger partial charge in [-0.05, 0) is 56.5 Å². The van der Waals surface area contributed by atoms with Crippen molar-refractivity contribution >= 4 is 23.2 Å². The van der Waals surface area contributed by atoms with E-state index in [1.807, 2.05) is 4.90 Å². The summed E-state index contributed by atoms with van der Waals surface area (Å²) in [6, 6.07) is 5.65. The van der Waals surface area contributed by atoms with Gasteiger partial charge >= 0.3 is 6.18 Å². The molecule has 0 bridgehead atoms. The Kier molecular flexibility index (Phi) is 6.65. The van der Waals surface area contributed by atoms with Crippen LogP contribution in [0, 0.1) is 12.8 Å². The van der Waals surface area contributed by atoms with Crippen molar-refractivity contribution in [2.45, 2.75) is 51.9 Å². The van der Waals surface area contributed by atoms with Crippen molar-refractivity contribution in [1.82, 2.24) is 19.7 Å². The highest BCUT2D eigenvalue weighted by Gasteiger charge is 2.39. The summed E-state index contributed by atoms with van der Waals surface area (Å²) >= 11 is 0. The fourth-order valence-corrected chi connectivity index (χ4v) is 4.90. The fourth-order valence-electron chi connectivity index (χ4n) is 4.90. The number of aldehydes is 1. The minimum atomic E-state index is -4.54. The predicted molar refractivity (Wildman–Crippen MR) is 128 cm³/mol. The number of ether oxygens (including phenoxy) is 2. The molecule has 3 aromatic rings. The van der Waals surface area contributed by atoms with Crippen molar-refractivity contribution in [3.8, 4) is 17.0 Å². The number of alkyl halides is 3. The number of benzene rings is 1. The molecule has 0 radical (unpaired) electrons. The molecule has 1 aliphatic carbocycles. The lowest BCUT2D eigenvalue weighted by molar-refractivity contribution is -0.137. The van der Waals surface area contributed by atoms with Gasteiger partial charge in [0.15, 0.2) is 18.7 Å². The van der Waals surface area contributed by atoms with Gasteiger partial charge in [-0.2, -0.15) is 18.3 Å². The number of carbonyl (C=O) groups is 2. The molecule has 1 atom stereocenters. The maximum atomic E-state index is 13.5. The number of nitrogens with zero attached hydrogens (tertiary/aromatic N) is 4. The first-order valence-electron chi connectivity index (χ1n) is 12.2. The van der Waals surface area contributed by atoms with Crippen LogP contribution < -0.4 is 4.74 Å². The van der Waals surface area contributed by atoms with Crippen molar-refractivity contribution in [2.75, 3.05) is 19.9 Å². The summed E-state index contributed by atoms with van der Waals surface area (Å²) in [5.74, 6) is 0.165. The molecule has 37 heavy (non-hydrogen) atoms. The molecule has 0 spiro atoms. The molecule has 1 saturated heterocycles. The standard InChI is InChI=1S/C26H27F3N4O4/c1-3-36-14-37-22-10-17(26(27,28)29)8-15(2)24(22)20-7-6-19-21(13-34)33(31-25(19)30-20)12-16-9-23(35)32(11-16)18-4-5-18/h6-8,10,13,16,18H,3-5,9,11-12,14H2,1-2H3/t16-/m1/s1. The summed E-state index contributed by atoms with van der Waals surface area (Å²) in [6.07, 6.45) is -1.34. The van der Waals surface area contributed by atoms with Crippen LogP contribution >= 0.6 is 0 Å². The minimum absolute atomic E-state index is 0.00713. The molecule has 5 rings (SSSR count). The second kappa shape index (κ2) is 9.77. The van der Waals surface area contributed by atoms with E-state index in [1.54, 1.807) is 30.7 Å². The Morgan fingerprint density at radius 3 is 2.68 bits per heavy atom. The highest BCUT2D eigenvalue weighted by atomic mass is 19.4. The van der Waals surface area contributed by atoms with Gasteiger partial charge in [-0.25, -0.2) is 4.98 Å². The molecule has 0 unspecified atom stereocenters. The zero-order valence-electron chi connectivity index (χ0n) is 20.5. The third-order valence-electron chi connectivity index (χ3n) is 6.80. The highest BCUT2D eigenvalue weighted by Crippen LogP contribution is 2.40. The SMILES string of the molecule is CCOCOc1cc(C(F)(F)F)cc(C)c1-c1ccc2c(C=O)n(C[C@@H]3CC(=O)N(C4CC4)C3)nc2n1. The first-order chi connectivity index (χ1) is 17.7. The minimum Gasteiger partial charge on any atom is -0.467 e. The maximum absolute atomic E-state index is 13.5. The third kappa shape index (κ3) is 5.04. The molecule has 8 nitrogen and oxygen atoms in total.